The van der Waals surface area contributed by atoms with E-state index in [9.17, 15) is 9.18 Å². The lowest BCUT2D eigenvalue weighted by atomic mass is 9.88. The fourth-order valence-corrected chi connectivity index (χ4v) is 4.36. The number of benzene rings is 3. The molecule has 1 amide bonds. The van der Waals surface area contributed by atoms with Crippen LogP contribution in [0.1, 0.15) is 16.7 Å². The molecule has 31 heavy (non-hydrogen) atoms. The zero-order chi connectivity index (χ0) is 21.7. The highest BCUT2D eigenvalue weighted by atomic mass is 19.1. The van der Waals surface area contributed by atoms with E-state index >= 15 is 4.39 Å². The minimum Gasteiger partial charge on any atom is -0.453 e. The van der Waals surface area contributed by atoms with Crippen molar-refractivity contribution in [1.29, 1.82) is 0 Å². The number of aromatic nitrogens is 1. The Kier molecular flexibility index (Phi) is 4.50. The number of H-pyrrole nitrogens is 1. The van der Waals surface area contributed by atoms with E-state index in [1.54, 1.807) is 31.2 Å². The molecule has 1 aliphatic rings. The number of hydrogen-bond donors (Lipinski definition) is 2. The van der Waals surface area contributed by atoms with Crippen molar-refractivity contribution in [2.45, 2.75) is 19.8 Å². The van der Waals surface area contributed by atoms with E-state index in [0.717, 1.165) is 40.6 Å². The molecule has 5 rings (SSSR count). The number of ether oxygens (including phenoxy) is 1. The van der Waals surface area contributed by atoms with Gasteiger partial charge in [0.15, 0.2) is 5.82 Å². The molecule has 0 fully saturated rings. The van der Waals surface area contributed by atoms with Crippen molar-refractivity contribution >= 4 is 22.7 Å². The molecule has 0 saturated heterocycles. The summed E-state index contributed by atoms with van der Waals surface area (Å²) in [4.78, 5) is 14.8. The van der Waals surface area contributed by atoms with Crippen LogP contribution in [0.5, 0.6) is 0 Å². The molecule has 4 aromatic rings. The van der Waals surface area contributed by atoms with E-state index in [-0.39, 0.29) is 11.6 Å². The topological polar surface area (TPSA) is 54.1 Å². The van der Waals surface area contributed by atoms with Crippen molar-refractivity contribution < 1.29 is 18.3 Å². The van der Waals surface area contributed by atoms with Crippen LogP contribution >= 0.6 is 0 Å². The molecule has 0 aliphatic heterocycles. The largest absolute Gasteiger partial charge is 0.453 e. The molecule has 3 aromatic carbocycles. The van der Waals surface area contributed by atoms with Crippen LogP contribution in [0.25, 0.3) is 33.3 Å². The standard InChI is InChI=1S/C25H20F2N2O2/c1-13-11-14(4-10-21(13)26)17-8-9-20-19-6-3-15-12-16(28-25(30)31-2)5-7-18(15)23(19)29-24(20)22(17)27/h4-5,7-12,29H,3,6H2,1-2H3,(H,28,30). The summed E-state index contributed by atoms with van der Waals surface area (Å²) in [5, 5.41) is 3.54. The van der Waals surface area contributed by atoms with Crippen molar-refractivity contribution in [2.24, 2.45) is 0 Å². The fourth-order valence-electron chi connectivity index (χ4n) is 4.36. The number of halogens is 2. The lowest BCUT2D eigenvalue weighted by Crippen LogP contribution is -2.12. The highest BCUT2D eigenvalue weighted by molar-refractivity contribution is 5.96. The van der Waals surface area contributed by atoms with Gasteiger partial charge in [0.25, 0.3) is 0 Å². The molecule has 4 nitrogen and oxygen atoms in total. The molecule has 0 atom stereocenters. The van der Waals surface area contributed by atoms with Crippen molar-refractivity contribution in [2.75, 3.05) is 12.4 Å². The maximum absolute atomic E-state index is 15.5. The summed E-state index contributed by atoms with van der Waals surface area (Å²) in [6.45, 7) is 1.67. The fraction of sp³-hybridized carbons (Fsp3) is 0.160. The summed E-state index contributed by atoms with van der Waals surface area (Å²) in [7, 11) is 1.32. The molecule has 1 aromatic heterocycles. The van der Waals surface area contributed by atoms with Gasteiger partial charge in [0.05, 0.1) is 18.3 Å². The molecule has 0 bridgehead atoms. The number of amides is 1. The Labute approximate surface area is 177 Å². The van der Waals surface area contributed by atoms with Crippen LogP contribution in [-0.2, 0) is 17.6 Å². The summed E-state index contributed by atoms with van der Waals surface area (Å²) >= 11 is 0. The monoisotopic (exact) mass is 418 g/mol. The van der Waals surface area contributed by atoms with Gasteiger partial charge in [-0.05, 0) is 66.3 Å². The van der Waals surface area contributed by atoms with Gasteiger partial charge in [0.2, 0.25) is 0 Å². The smallest absolute Gasteiger partial charge is 0.411 e. The average Bonchev–Trinajstić information content (AvgIpc) is 3.16. The first-order valence-corrected chi connectivity index (χ1v) is 10.0. The van der Waals surface area contributed by atoms with Gasteiger partial charge >= 0.3 is 6.09 Å². The highest BCUT2D eigenvalue weighted by Gasteiger charge is 2.23. The third-order valence-corrected chi connectivity index (χ3v) is 5.94. The van der Waals surface area contributed by atoms with E-state index in [2.05, 4.69) is 15.0 Å². The quantitative estimate of drug-likeness (QED) is 0.398. The molecule has 1 aliphatic carbocycles. The number of fused-ring (bicyclic) bond motifs is 5. The second kappa shape index (κ2) is 7.23. The summed E-state index contributed by atoms with van der Waals surface area (Å²) in [5.74, 6) is -0.651. The van der Waals surface area contributed by atoms with Gasteiger partial charge in [-0.15, -0.1) is 0 Å². The summed E-state index contributed by atoms with van der Waals surface area (Å²) in [6, 6.07) is 14.0. The number of rotatable bonds is 2. The Balaban J connectivity index is 1.61. The Morgan fingerprint density at radius 2 is 1.84 bits per heavy atom. The number of methoxy groups -OCH3 is 1. The van der Waals surface area contributed by atoms with Crippen LogP contribution in [0.3, 0.4) is 0 Å². The van der Waals surface area contributed by atoms with E-state index in [0.29, 0.717) is 27.9 Å². The lowest BCUT2D eigenvalue weighted by Gasteiger charge is -2.18. The Morgan fingerprint density at radius 3 is 2.61 bits per heavy atom. The first kappa shape index (κ1) is 19.3. The Morgan fingerprint density at radius 1 is 1.03 bits per heavy atom. The molecule has 0 spiro atoms. The van der Waals surface area contributed by atoms with E-state index in [1.807, 2.05) is 18.2 Å². The first-order valence-electron chi connectivity index (χ1n) is 10.0. The molecule has 0 saturated carbocycles. The third-order valence-electron chi connectivity index (χ3n) is 5.94. The molecule has 0 unspecified atom stereocenters. The summed E-state index contributed by atoms with van der Waals surface area (Å²) in [6.07, 6.45) is 1.03. The number of aromatic amines is 1. The van der Waals surface area contributed by atoms with Gasteiger partial charge < -0.3 is 9.72 Å². The number of nitrogens with one attached hydrogen (secondary N) is 2. The van der Waals surface area contributed by atoms with Crippen molar-refractivity contribution in [3.8, 4) is 22.4 Å². The SMILES string of the molecule is COC(=O)Nc1ccc2c(c1)CCc1c-2[nH]c2c(F)c(-c3ccc(F)c(C)c3)ccc12. The van der Waals surface area contributed by atoms with Gasteiger partial charge in [0.1, 0.15) is 5.82 Å². The number of carbonyl (C=O) groups is 1. The van der Waals surface area contributed by atoms with Crippen molar-refractivity contribution in [3.63, 3.8) is 0 Å². The van der Waals surface area contributed by atoms with Crippen LogP contribution in [0.4, 0.5) is 19.3 Å². The maximum atomic E-state index is 15.5. The van der Waals surface area contributed by atoms with Gasteiger partial charge in [-0.2, -0.15) is 0 Å². The molecule has 0 radical (unpaired) electrons. The molecule has 6 heteroatoms. The van der Waals surface area contributed by atoms with Gasteiger partial charge in [-0.3, -0.25) is 5.32 Å². The minimum atomic E-state index is -0.521. The maximum Gasteiger partial charge on any atom is 0.411 e. The predicted octanol–water partition coefficient (Wildman–Crippen LogP) is 6.37. The molecule has 2 N–H and O–H groups in total. The zero-order valence-electron chi connectivity index (χ0n) is 17.1. The van der Waals surface area contributed by atoms with E-state index in [4.69, 9.17) is 0 Å². The number of carbonyl (C=O) groups excluding carboxylic acids is 1. The zero-order valence-corrected chi connectivity index (χ0v) is 17.1. The third kappa shape index (κ3) is 3.15. The van der Waals surface area contributed by atoms with Crippen molar-refractivity contribution in [3.05, 3.63) is 76.9 Å². The van der Waals surface area contributed by atoms with E-state index in [1.165, 1.54) is 13.2 Å². The number of hydrogen-bond acceptors (Lipinski definition) is 2. The van der Waals surface area contributed by atoms with Gasteiger partial charge in [-0.1, -0.05) is 24.3 Å². The summed E-state index contributed by atoms with van der Waals surface area (Å²) in [5.41, 5.74) is 6.71. The van der Waals surface area contributed by atoms with Crippen molar-refractivity contribution in [1.82, 2.24) is 4.98 Å². The molecule has 156 valence electrons. The minimum absolute atomic E-state index is 0.307. The van der Waals surface area contributed by atoms with Crippen LogP contribution in [-0.4, -0.2) is 18.2 Å². The van der Waals surface area contributed by atoms with Crippen LogP contribution in [0.2, 0.25) is 0 Å². The molecular weight excluding hydrogens is 398 g/mol. The van der Waals surface area contributed by atoms with Crippen LogP contribution in [0, 0.1) is 18.6 Å². The second-order valence-corrected chi connectivity index (χ2v) is 7.78. The molecule has 1 heterocycles. The van der Waals surface area contributed by atoms with Gasteiger partial charge in [-0.25, -0.2) is 13.6 Å². The summed E-state index contributed by atoms with van der Waals surface area (Å²) < 4.78 is 33.8. The first-order chi connectivity index (χ1) is 15.0. The van der Waals surface area contributed by atoms with E-state index < -0.39 is 6.09 Å². The second-order valence-electron chi connectivity index (χ2n) is 7.78. The normalized spacial score (nSPS) is 12.4. The lowest BCUT2D eigenvalue weighted by molar-refractivity contribution is 0.187. The average molecular weight is 418 g/mol. The highest BCUT2D eigenvalue weighted by Crippen LogP contribution is 2.40. The number of anilines is 1. The molecular formula is C25H20F2N2O2. The number of aryl methyl sites for hydroxylation is 3. The predicted molar refractivity (Wildman–Crippen MR) is 117 cm³/mol. The Hall–Kier alpha value is -3.67. The van der Waals surface area contributed by atoms with Crippen LogP contribution in [0.15, 0.2) is 48.5 Å². The van der Waals surface area contributed by atoms with Crippen LogP contribution < -0.4 is 5.32 Å². The van der Waals surface area contributed by atoms with Gasteiger partial charge in [0, 0.05) is 22.2 Å². The Bertz CT molecular complexity index is 1360.